The van der Waals surface area contributed by atoms with Gasteiger partial charge in [-0.1, -0.05) is 72.4 Å². The zero-order valence-corrected chi connectivity index (χ0v) is 14.6. The topological polar surface area (TPSA) is 94.2 Å². The molecule has 3 rings (SSSR count). The van der Waals surface area contributed by atoms with E-state index < -0.39 is 17.2 Å². The van der Waals surface area contributed by atoms with Gasteiger partial charge in [-0.25, -0.2) is 4.79 Å². The van der Waals surface area contributed by atoms with Crippen LogP contribution >= 0.6 is 11.8 Å². The lowest BCUT2D eigenvalue weighted by Gasteiger charge is -2.19. The third-order valence-electron chi connectivity index (χ3n) is 3.76. The normalized spacial score (nSPS) is 10.8. The Kier molecular flexibility index (Phi) is 5.04. The van der Waals surface area contributed by atoms with Crippen molar-refractivity contribution in [3.63, 3.8) is 0 Å². The lowest BCUT2D eigenvalue weighted by molar-refractivity contribution is 0.184. The molecule has 0 atom stereocenters. The van der Waals surface area contributed by atoms with Gasteiger partial charge in [-0.15, -0.1) is 4.68 Å². The summed E-state index contributed by atoms with van der Waals surface area (Å²) in [7, 11) is 1.39. The van der Waals surface area contributed by atoms with Crippen LogP contribution in [0.15, 0.2) is 75.4 Å². The van der Waals surface area contributed by atoms with Crippen molar-refractivity contribution in [1.82, 2.24) is 14.3 Å². The van der Waals surface area contributed by atoms with E-state index in [4.69, 9.17) is 0 Å². The molecule has 0 unspecified atom stereocenters. The van der Waals surface area contributed by atoms with E-state index in [1.807, 2.05) is 60.7 Å². The first-order chi connectivity index (χ1) is 12.5. The fourth-order valence-corrected chi connectivity index (χ4v) is 3.69. The van der Waals surface area contributed by atoms with Crippen LogP contribution in [0.1, 0.15) is 16.4 Å². The molecule has 0 aliphatic heterocycles. The predicted molar refractivity (Wildman–Crippen MR) is 97.7 cm³/mol. The van der Waals surface area contributed by atoms with Crippen LogP contribution in [0, 0.1) is 0 Å². The molecular weight excluding hydrogens is 354 g/mol. The molecule has 0 amide bonds. The molecule has 0 spiro atoms. The highest BCUT2D eigenvalue weighted by Gasteiger charge is 2.21. The number of aromatic nitrogens is 3. The smallest absolute Gasteiger partial charge is 0.434 e. The zero-order valence-electron chi connectivity index (χ0n) is 13.8. The van der Waals surface area contributed by atoms with Crippen LogP contribution in [0.5, 0.6) is 0 Å². The van der Waals surface area contributed by atoms with Crippen LogP contribution in [0.2, 0.25) is 0 Å². The predicted octanol–water partition coefficient (Wildman–Crippen LogP) is 2.35. The first-order valence-corrected chi connectivity index (χ1v) is 8.57. The first kappa shape index (κ1) is 17.7. The zero-order chi connectivity index (χ0) is 18.7. The van der Waals surface area contributed by atoms with Gasteiger partial charge in [0.05, 0.1) is 5.25 Å². The number of thioether (sulfide) groups is 1. The number of nitrogens with zero attached hydrogens (tertiary/aromatic N) is 3. The maximum atomic E-state index is 11.8. The van der Waals surface area contributed by atoms with E-state index >= 15 is 0 Å². The van der Waals surface area contributed by atoms with Crippen LogP contribution in [0.3, 0.4) is 0 Å². The van der Waals surface area contributed by atoms with Crippen molar-refractivity contribution in [2.24, 2.45) is 7.05 Å². The van der Waals surface area contributed by atoms with Crippen molar-refractivity contribution in [2.75, 3.05) is 0 Å². The lowest BCUT2D eigenvalue weighted by atomic mass is 10.0. The molecule has 0 saturated heterocycles. The third kappa shape index (κ3) is 3.45. The highest BCUT2D eigenvalue weighted by molar-refractivity contribution is 7.99. The Hall–Kier alpha value is -3.13. The van der Waals surface area contributed by atoms with Gasteiger partial charge in [0.25, 0.3) is 0 Å². The second kappa shape index (κ2) is 7.40. The molecule has 26 heavy (non-hydrogen) atoms. The molecule has 7 nitrogen and oxygen atoms in total. The van der Waals surface area contributed by atoms with Gasteiger partial charge in [0, 0.05) is 7.05 Å². The Labute approximate surface area is 152 Å². The lowest BCUT2D eigenvalue weighted by Crippen LogP contribution is -2.44. The Bertz CT molecular complexity index is 1010. The Morgan fingerprint density at radius 3 is 1.96 bits per heavy atom. The molecule has 1 heterocycles. The number of rotatable bonds is 4. The van der Waals surface area contributed by atoms with Crippen molar-refractivity contribution in [3.05, 3.63) is 92.5 Å². The van der Waals surface area contributed by atoms with Gasteiger partial charge in [0.1, 0.15) is 0 Å². The van der Waals surface area contributed by atoms with Gasteiger partial charge in [-0.3, -0.25) is 14.3 Å². The SMILES string of the molecule is Cn1c(SC(c2ccccc2)c2ccccc2)nc(=O)c(=O)n1C(=O)O. The number of carboxylic acid groups (broad SMARTS) is 1. The monoisotopic (exact) mass is 369 g/mol. The van der Waals surface area contributed by atoms with Crippen molar-refractivity contribution >= 4 is 17.9 Å². The van der Waals surface area contributed by atoms with E-state index in [0.29, 0.717) is 4.68 Å². The summed E-state index contributed by atoms with van der Waals surface area (Å²) in [5, 5.41) is 9.14. The molecule has 3 aromatic rings. The maximum absolute atomic E-state index is 11.8. The van der Waals surface area contributed by atoms with Crippen molar-refractivity contribution in [1.29, 1.82) is 0 Å². The van der Waals surface area contributed by atoms with E-state index in [9.17, 15) is 19.5 Å². The maximum Gasteiger partial charge on any atom is 0.434 e. The van der Waals surface area contributed by atoms with Gasteiger partial charge in [0.2, 0.25) is 0 Å². The van der Waals surface area contributed by atoms with Crippen molar-refractivity contribution < 1.29 is 9.90 Å². The molecule has 1 N–H and O–H groups in total. The molecule has 2 aromatic carbocycles. The minimum atomic E-state index is -1.53. The van der Waals surface area contributed by atoms with E-state index in [1.165, 1.54) is 18.8 Å². The largest absolute Gasteiger partial charge is 0.463 e. The van der Waals surface area contributed by atoms with E-state index in [2.05, 4.69) is 4.98 Å². The molecule has 1 aromatic heterocycles. The summed E-state index contributed by atoms with van der Waals surface area (Å²) < 4.78 is 1.44. The van der Waals surface area contributed by atoms with Gasteiger partial charge < -0.3 is 5.11 Å². The molecule has 0 radical (unpaired) electrons. The number of carbonyl (C=O) groups is 1. The second-order valence-corrected chi connectivity index (χ2v) is 6.51. The summed E-state index contributed by atoms with van der Waals surface area (Å²) in [4.78, 5) is 38.7. The molecule has 132 valence electrons. The Morgan fingerprint density at radius 2 is 1.50 bits per heavy atom. The van der Waals surface area contributed by atoms with Crippen LogP contribution in [-0.4, -0.2) is 25.5 Å². The van der Waals surface area contributed by atoms with Crippen LogP contribution < -0.4 is 11.1 Å². The molecule has 0 saturated carbocycles. The summed E-state index contributed by atoms with van der Waals surface area (Å²) in [6, 6.07) is 19.2. The molecule has 8 heteroatoms. The van der Waals surface area contributed by atoms with Crippen molar-refractivity contribution in [3.8, 4) is 0 Å². The molecule has 0 bridgehead atoms. The van der Waals surface area contributed by atoms with Gasteiger partial charge >= 0.3 is 17.2 Å². The Balaban J connectivity index is 2.13. The van der Waals surface area contributed by atoms with E-state index in [1.54, 1.807) is 0 Å². The van der Waals surface area contributed by atoms with Crippen LogP contribution in [-0.2, 0) is 7.05 Å². The fraction of sp³-hybridized carbons (Fsp3) is 0.111. The number of hydrogen-bond donors (Lipinski definition) is 1. The highest BCUT2D eigenvalue weighted by atomic mass is 32.2. The third-order valence-corrected chi connectivity index (χ3v) is 5.10. The number of hydrogen-bond acceptors (Lipinski definition) is 5. The highest BCUT2D eigenvalue weighted by Crippen LogP contribution is 2.38. The van der Waals surface area contributed by atoms with Gasteiger partial charge in [0.15, 0.2) is 5.16 Å². The minimum absolute atomic E-state index is 0.134. The van der Waals surface area contributed by atoms with Crippen LogP contribution in [0.25, 0.3) is 0 Å². The summed E-state index contributed by atoms with van der Waals surface area (Å²) in [6.45, 7) is 0. The quantitative estimate of drug-likeness (QED) is 0.560. The number of benzene rings is 2. The van der Waals surface area contributed by atoms with Gasteiger partial charge in [-0.2, -0.15) is 4.98 Å². The molecule has 0 aliphatic rings. The summed E-state index contributed by atoms with van der Waals surface area (Å²) >= 11 is 1.20. The minimum Gasteiger partial charge on any atom is -0.463 e. The molecule has 0 fully saturated rings. The average Bonchev–Trinajstić information content (AvgIpc) is 2.65. The second-order valence-electron chi connectivity index (χ2n) is 5.44. The summed E-state index contributed by atoms with van der Waals surface area (Å²) in [5.41, 5.74) is -0.370. The van der Waals surface area contributed by atoms with E-state index in [0.717, 1.165) is 15.8 Å². The Morgan fingerprint density at radius 1 is 1.00 bits per heavy atom. The molecular formula is C18H15N3O4S. The summed E-state index contributed by atoms with van der Waals surface area (Å²) in [6.07, 6.45) is -1.53. The summed E-state index contributed by atoms with van der Waals surface area (Å²) in [5.74, 6) is 0. The van der Waals surface area contributed by atoms with Crippen molar-refractivity contribution in [2.45, 2.75) is 10.4 Å². The van der Waals surface area contributed by atoms with E-state index in [-0.39, 0.29) is 10.4 Å². The van der Waals surface area contributed by atoms with Gasteiger partial charge in [-0.05, 0) is 11.1 Å². The first-order valence-electron chi connectivity index (χ1n) is 7.69. The standard InChI is InChI=1S/C18H15N3O4S/c1-20-17(19-15(22)16(23)21(20)18(24)25)26-14(12-8-4-2-5-9-12)13-10-6-3-7-11-13/h2-11,14H,1H3,(H,24,25). The van der Waals surface area contributed by atoms with Crippen LogP contribution in [0.4, 0.5) is 4.79 Å². The fourth-order valence-electron chi connectivity index (χ4n) is 2.53. The average molecular weight is 369 g/mol. The molecule has 0 aliphatic carbocycles.